The van der Waals surface area contributed by atoms with Gasteiger partial charge in [-0.25, -0.2) is 8.78 Å². The van der Waals surface area contributed by atoms with E-state index in [-0.39, 0.29) is 24.8 Å². The normalized spacial score (nSPS) is 13.7. The summed E-state index contributed by atoms with van der Waals surface area (Å²) in [5.41, 5.74) is 0.603. The first kappa shape index (κ1) is 22.5. The summed E-state index contributed by atoms with van der Waals surface area (Å²) in [4.78, 5) is 32.2. The Labute approximate surface area is 188 Å². The Bertz CT molecular complexity index is 1120. The van der Waals surface area contributed by atoms with Gasteiger partial charge in [-0.3, -0.25) is 9.59 Å². The summed E-state index contributed by atoms with van der Waals surface area (Å²) >= 11 is 0. The highest BCUT2D eigenvalue weighted by atomic mass is 19.1. The van der Waals surface area contributed by atoms with Gasteiger partial charge in [0.1, 0.15) is 17.2 Å². The second kappa shape index (κ2) is 9.86. The van der Waals surface area contributed by atoms with Gasteiger partial charge in [0.15, 0.2) is 5.82 Å². The average Bonchev–Trinajstić information content (AvgIpc) is 3.31. The number of carbonyl (C=O) groups is 2. The molecule has 1 aromatic heterocycles. The number of carbonyl (C=O) groups excluding carboxylic acids is 2. The second-order valence-corrected chi connectivity index (χ2v) is 7.57. The van der Waals surface area contributed by atoms with Gasteiger partial charge >= 0.3 is 0 Å². The Morgan fingerprint density at radius 2 is 1.73 bits per heavy atom. The Kier molecular flexibility index (Phi) is 6.74. The third-order valence-corrected chi connectivity index (χ3v) is 5.34. The number of morpholine rings is 1. The van der Waals surface area contributed by atoms with E-state index in [0.29, 0.717) is 43.3 Å². The molecule has 8 nitrogen and oxygen atoms in total. The maximum absolute atomic E-state index is 13.8. The van der Waals surface area contributed by atoms with Crippen LogP contribution in [0.5, 0.6) is 0 Å². The van der Waals surface area contributed by atoms with E-state index >= 15 is 0 Å². The average molecular weight is 456 g/mol. The molecule has 0 radical (unpaired) electrons. The molecule has 4 rings (SSSR count). The van der Waals surface area contributed by atoms with Gasteiger partial charge in [0.2, 0.25) is 0 Å². The maximum atomic E-state index is 13.8. The molecule has 2 amide bonds. The molecule has 0 spiro atoms. The summed E-state index contributed by atoms with van der Waals surface area (Å²) in [6.45, 7) is 2.33. The maximum Gasteiger partial charge on any atom is 0.259 e. The third-order valence-electron chi connectivity index (χ3n) is 5.34. The van der Waals surface area contributed by atoms with E-state index in [1.54, 1.807) is 29.2 Å². The lowest BCUT2D eigenvalue weighted by molar-refractivity contribution is 0.0303. The molecule has 1 aliphatic rings. The van der Waals surface area contributed by atoms with Gasteiger partial charge in [-0.2, -0.15) is 4.98 Å². The van der Waals surface area contributed by atoms with E-state index in [1.165, 1.54) is 18.0 Å². The molecule has 0 unspecified atom stereocenters. The molecule has 1 saturated heterocycles. The minimum atomic E-state index is -0.913. The van der Waals surface area contributed by atoms with Crippen LogP contribution in [0.2, 0.25) is 0 Å². The monoisotopic (exact) mass is 456 g/mol. The number of hydrogen-bond acceptors (Lipinski definition) is 6. The van der Waals surface area contributed by atoms with Gasteiger partial charge in [0.05, 0.1) is 13.2 Å². The zero-order valence-corrected chi connectivity index (χ0v) is 18.0. The predicted octanol–water partition coefficient (Wildman–Crippen LogP) is 2.80. The van der Waals surface area contributed by atoms with Crippen LogP contribution < -0.4 is 0 Å². The fraction of sp³-hybridized carbons (Fsp3) is 0.304. The Morgan fingerprint density at radius 3 is 2.39 bits per heavy atom. The second-order valence-electron chi connectivity index (χ2n) is 7.57. The molecule has 0 N–H and O–H groups in total. The molecule has 172 valence electrons. The molecule has 0 saturated carbocycles. The lowest BCUT2D eigenvalue weighted by Crippen LogP contribution is -2.40. The van der Waals surface area contributed by atoms with Crippen LogP contribution in [-0.2, 0) is 11.2 Å². The van der Waals surface area contributed by atoms with Crippen molar-refractivity contribution in [3.63, 3.8) is 0 Å². The largest absolute Gasteiger partial charge is 0.378 e. The summed E-state index contributed by atoms with van der Waals surface area (Å²) in [6, 6.07) is 10.1. The van der Waals surface area contributed by atoms with E-state index in [2.05, 4.69) is 10.1 Å². The number of ether oxygens (including phenoxy) is 1. The molecule has 3 aromatic rings. The van der Waals surface area contributed by atoms with Crippen molar-refractivity contribution in [3.05, 3.63) is 71.1 Å². The number of benzene rings is 2. The molecule has 0 atom stereocenters. The van der Waals surface area contributed by atoms with Gasteiger partial charge in [0, 0.05) is 44.2 Å². The van der Waals surface area contributed by atoms with E-state index in [1.807, 2.05) is 0 Å². The quantitative estimate of drug-likeness (QED) is 0.567. The number of hydrogen-bond donors (Lipinski definition) is 0. The van der Waals surface area contributed by atoms with Gasteiger partial charge in [-0.05, 0) is 36.4 Å². The Morgan fingerprint density at radius 1 is 1.06 bits per heavy atom. The van der Waals surface area contributed by atoms with Crippen LogP contribution >= 0.6 is 0 Å². The summed E-state index contributed by atoms with van der Waals surface area (Å²) < 4.78 is 38.2. The van der Waals surface area contributed by atoms with Crippen molar-refractivity contribution in [2.24, 2.45) is 0 Å². The van der Waals surface area contributed by atoms with Gasteiger partial charge in [-0.1, -0.05) is 11.2 Å². The van der Waals surface area contributed by atoms with Crippen LogP contribution in [0.25, 0.3) is 11.5 Å². The lowest BCUT2D eigenvalue weighted by atomic mass is 10.1. The topological polar surface area (TPSA) is 88.8 Å². The van der Waals surface area contributed by atoms with E-state index in [0.717, 1.165) is 12.1 Å². The third kappa shape index (κ3) is 5.06. The summed E-state index contributed by atoms with van der Waals surface area (Å²) in [5, 5.41) is 3.90. The molecule has 2 heterocycles. The van der Waals surface area contributed by atoms with Crippen LogP contribution in [0, 0.1) is 11.6 Å². The first-order chi connectivity index (χ1) is 15.9. The van der Waals surface area contributed by atoms with Crippen molar-refractivity contribution in [2.45, 2.75) is 6.42 Å². The first-order valence-corrected chi connectivity index (χ1v) is 10.4. The van der Waals surface area contributed by atoms with Crippen LogP contribution in [0.3, 0.4) is 0 Å². The van der Waals surface area contributed by atoms with Crippen molar-refractivity contribution >= 4 is 11.8 Å². The minimum Gasteiger partial charge on any atom is -0.378 e. The van der Waals surface area contributed by atoms with Crippen LogP contribution in [0.1, 0.15) is 26.5 Å². The van der Waals surface area contributed by atoms with Crippen molar-refractivity contribution < 1.29 is 27.6 Å². The number of likely N-dealkylation sites (N-methyl/N-ethyl adjacent to an activating group) is 1. The molecular formula is C23H22F2N4O4. The molecule has 2 aromatic carbocycles. The van der Waals surface area contributed by atoms with Crippen molar-refractivity contribution in [1.29, 1.82) is 0 Å². The summed E-state index contributed by atoms with van der Waals surface area (Å²) in [6.07, 6.45) is 0.232. The molecule has 33 heavy (non-hydrogen) atoms. The van der Waals surface area contributed by atoms with E-state index < -0.39 is 23.1 Å². The van der Waals surface area contributed by atoms with Crippen LogP contribution in [0.4, 0.5) is 8.78 Å². The smallest absolute Gasteiger partial charge is 0.259 e. The lowest BCUT2D eigenvalue weighted by Gasteiger charge is -2.26. The molecule has 0 aliphatic carbocycles. The standard InChI is InChI=1S/C23H22F2N4O4/c1-28(23(31)20-17(24)3-2-4-18(20)25)10-9-19-26-21(33-27-19)15-5-7-16(8-6-15)22(30)29-11-13-32-14-12-29/h2-8H,9-14H2,1H3. The van der Waals surface area contributed by atoms with Crippen LogP contribution in [0.15, 0.2) is 47.0 Å². The highest BCUT2D eigenvalue weighted by Gasteiger charge is 2.22. The predicted molar refractivity (Wildman–Crippen MR) is 113 cm³/mol. The zero-order valence-electron chi connectivity index (χ0n) is 18.0. The minimum absolute atomic E-state index is 0.0601. The Balaban J connectivity index is 1.37. The highest BCUT2D eigenvalue weighted by Crippen LogP contribution is 2.19. The number of rotatable bonds is 6. The fourth-order valence-corrected chi connectivity index (χ4v) is 3.44. The van der Waals surface area contributed by atoms with Gasteiger partial charge in [0.25, 0.3) is 17.7 Å². The van der Waals surface area contributed by atoms with Gasteiger partial charge in [-0.15, -0.1) is 0 Å². The Hall–Kier alpha value is -3.66. The van der Waals surface area contributed by atoms with E-state index in [4.69, 9.17) is 9.26 Å². The van der Waals surface area contributed by atoms with E-state index in [9.17, 15) is 18.4 Å². The molecular weight excluding hydrogens is 434 g/mol. The van der Waals surface area contributed by atoms with Crippen molar-refractivity contribution in [2.75, 3.05) is 39.9 Å². The summed E-state index contributed by atoms with van der Waals surface area (Å²) in [5.74, 6) is -2.05. The molecule has 1 aliphatic heterocycles. The molecule has 10 heteroatoms. The number of halogens is 2. The number of aromatic nitrogens is 2. The first-order valence-electron chi connectivity index (χ1n) is 10.4. The van der Waals surface area contributed by atoms with Gasteiger partial charge < -0.3 is 19.1 Å². The fourth-order valence-electron chi connectivity index (χ4n) is 3.44. The highest BCUT2D eigenvalue weighted by molar-refractivity contribution is 5.95. The summed E-state index contributed by atoms with van der Waals surface area (Å²) in [7, 11) is 1.44. The molecule has 0 bridgehead atoms. The molecule has 1 fully saturated rings. The van der Waals surface area contributed by atoms with Crippen LogP contribution in [-0.4, -0.2) is 71.7 Å². The zero-order chi connectivity index (χ0) is 23.4. The van der Waals surface area contributed by atoms with Crippen molar-refractivity contribution in [3.8, 4) is 11.5 Å². The number of amides is 2. The number of nitrogens with zero attached hydrogens (tertiary/aromatic N) is 4. The SMILES string of the molecule is CN(CCc1noc(-c2ccc(C(=O)N3CCOCC3)cc2)n1)C(=O)c1c(F)cccc1F. The van der Waals surface area contributed by atoms with Crippen molar-refractivity contribution in [1.82, 2.24) is 19.9 Å².